The van der Waals surface area contributed by atoms with Gasteiger partial charge in [0, 0.05) is 6.04 Å². The van der Waals surface area contributed by atoms with Crippen molar-refractivity contribution in [1.82, 2.24) is 0 Å². The van der Waals surface area contributed by atoms with Crippen molar-refractivity contribution in [2.24, 2.45) is 22.5 Å². The zero-order valence-corrected chi connectivity index (χ0v) is 7.15. The van der Waals surface area contributed by atoms with Gasteiger partial charge in [0.1, 0.15) is 0 Å². The van der Waals surface area contributed by atoms with Crippen molar-refractivity contribution < 1.29 is 0 Å². The Balaban J connectivity index is 2.04. The molecule has 3 atom stereocenters. The number of hydrogen-bond donors (Lipinski definition) is 1. The van der Waals surface area contributed by atoms with Gasteiger partial charge in [-0.2, -0.15) is 0 Å². The molecule has 1 spiro atoms. The Morgan fingerprint density at radius 2 is 2.00 bits per heavy atom. The molecule has 10 heavy (non-hydrogen) atoms. The molecule has 0 heterocycles. The van der Waals surface area contributed by atoms with Crippen LogP contribution in [0.25, 0.3) is 0 Å². The highest BCUT2D eigenvalue weighted by molar-refractivity contribution is 5.24. The van der Waals surface area contributed by atoms with Crippen LogP contribution in [0, 0.1) is 16.7 Å². The molecular formula is C9H17N. The molecule has 0 aliphatic heterocycles. The summed E-state index contributed by atoms with van der Waals surface area (Å²) in [5, 5.41) is 0. The largest absolute Gasteiger partial charge is 0.328 e. The van der Waals surface area contributed by atoms with Crippen molar-refractivity contribution in [3.63, 3.8) is 0 Å². The molecule has 0 aromatic rings. The second-order valence-electron chi connectivity index (χ2n) is 4.89. The van der Waals surface area contributed by atoms with Gasteiger partial charge in [-0.15, -0.1) is 0 Å². The van der Waals surface area contributed by atoms with Gasteiger partial charge >= 0.3 is 0 Å². The Hall–Kier alpha value is -0.0400. The zero-order chi connectivity index (χ0) is 7.57. The van der Waals surface area contributed by atoms with Gasteiger partial charge in [-0.25, -0.2) is 0 Å². The van der Waals surface area contributed by atoms with Gasteiger partial charge in [-0.05, 0) is 36.5 Å². The van der Waals surface area contributed by atoms with Crippen LogP contribution < -0.4 is 5.73 Å². The van der Waals surface area contributed by atoms with Gasteiger partial charge in [-0.1, -0.05) is 13.8 Å². The molecule has 2 unspecified atom stereocenters. The van der Waals surface area contributed by atoms with Gasteiger partial charge in [0.05, 0.1) is 0 Å². The summed E-state index contributed by atoms with van der Waals surface area (Å²) < 4.78 is 0. The van der Waals surface area contributed by atoms with E-state index in [4.69, 9.17) is 5.73 Å². The molecule has 2 N–H and O–H groups in total. The average Bonchev–Trinajstić information content (AvgIpc) is 2.51. The van der Waals surface area contributed by atoms with Crippen LogP contribution in [0.4, 0.5) is 0 Å². The minimum absolute atomic E-state index is 0.432. The van der Waals surface area contributed by atoms with E-state index in [2.05, 4.69) is 20.8 Å². The molecule has 0 amide bonds. The van der Waals surface area contributed by atoms with Gasteiger partial charge in [-0.3, -0.25) is 0 Å². The second kappa shape index (κ2) is 1.42. The fourth-order valence-corrected chi connectivity index (χ4v) is 2.75. The third-order valence-electron chi connectivity index (χ3n) is 3.75. The lowest BCUT2D eigenvalue weighted by Crippen LogP contribution is -2.19. The minimum atomic E-state index is 0.432. The maximum absolute atomic E-state index is 5.83. The van der Waals surface area contributed by atoms with Crippen molar-refractivity contribution in [2.45, 2.75) is 39.7 Å². The summed E-state index contributed by atoms with van der Waals surface area (Å²) in [6.45, 7) is 6.89. The van der Waals surface area contributed by atoms with Gasteiger partial charge in [0.25, 0.3) is 0 Å². The molecule has 2 saturated carbocycles. The predicted octanol–water partition coefficient (Wildman–Crippen LogP) is 1.77. The standard InChI is InChI=1S/C9H17N/c1-6(10)7-4-9(7)5-8(9,2)3/h6-7H,4-5,10H2,1-3H3/t6?,7-,9?/m1/s1. The molecule has 1 nitrogen and oxygen atoms in total. The third-order valence-corrected chi connectivity index (χ3v) is 3.75. The highest BCUT2D eigenvalue weighted by atomic mass is 14.8. The average molecular weight is 139 g/mol. The van der Waals surface area contributed by atoms with Crippen LogP contribution in [0.2, 0.25) is 0 Å². The maximum Gasteiger partial charge on any atom is 0.00444 e. The van der Waals surface area contributed by atoms with E-state index in [-0.39, 0.29) is 0 Å². The lowest BCUT2D eigenvalue weighted by molar-refractivity contribution is 0.483. The summed E-state index contributed by atoms with van der Waals surface area (Å²) in [5.74, 6) is 0.850. The SMILES string of the molecule is CC(N)[C@H]1CC12CC2(C)C. The monoisotopic (exact) mass is 139 g/mol. The van der Waals surface area contributed by atoms with E-state index in [1.165, 1.54) is 12.8 Å². The normalized spacial score (nSPS) is 51.0. The lowest BCUT2D eigenvalue weighted by Gasteiger charge is -2.04. The summed E-state index contributed by atoms with van der Waals surface area (Å²) in [7, 11) is 0. The highest BCUT2D eigenvalue weighted by Gasteiger charge is 2.75. The molecule has 2 fully saturated rings. The fraction of sp³-hybridized carbons (Fsp3) is 1.00. The molecule has 0 bridgehead atoms. The Morgan fingerprint density at radius 3 is 2.10 bits per heavy atom. The molecule has 1 heteroatoms. The van der Waals surface area contributed by atoms with Crippen LogP contribution in [0.1, 0.15) is 33.6 Å². The first-order chi connectivity index (χ1) is 4.50. The third kappa shape index (κ3) is 0.572. The van der Waals surface area contributed by atoms with Crippen molar-refractivity contribution in [3.05, 3.63) is 0 Å². The van der Waals surface area contributed by atoms with E-state index in [9.17, 15) is 0 Å². The number of nitrogens with two attached hydrogens (primary N) is 1. The van der Waals surface area contributed by atoms with E-state index in [1.807, 2.05) is 0 Å². The first-order valence-corrected chi connectivity index (χ1v) is 4.25. The second-order valence-corrected chi connectivity index (χ2v) is 4.89. The quantitative estimate of drug-likeness (QED) is 0.588. The van der Waals surface area contributed by atoms with Crippen LogP contribution in [0.15, 0.2) is 0 Å². The smallest absolute Gasteiger partial charge is 0.00444 e. The maximum atomic E-state index is 5.83. The van der Waals surface area contributed by atoms with Crippen molar-refractivity contribution >= 4 is 0 Å². The molecule has 58 valence electrons. The van der Waals surface area contributed by atoms with E-state index in [0.29, 0.717) is 16.9 Å². The Kier molecular flexibility index (Phi) is 0.949. The van der Waals surface area contributed by atoms with Gasteiger partial charge in [0.15, 0.2) is 0 Å². The lowest BCUT2D eigenvalue weighted by atomic mass is 10.0. The first kappa shape index (κ1) is 6.66. The Bertz CT molecular complexity index is 172. The summed E-state index contributed by atoms with van der Waals surface area (Å²) in [5.41, 5.74) is 7.17. The van der Waals surface area contributed by atoms with Crippen molar-refractivity contribution in [3.8, 4) is 0 Å². The molecule has 2 aliphatic carbocycles. The fourth-order valence-electron chi connectivity index (χ4n) is 2.75. The topological polar surface area (TPSA) is 26.0 Å². The van der Waals surface area contributed by atoms with Gasteiger partial charge in [0.2, 0.25) is 0 Å². The van der Waals surface area contributed by atoms with Crippen LogP contribution in [-0.4, -0.2) is 6.04 Å². The zero-order valence-electron chi connectivity index (χ0n) is 7.15. The Labute approximate surface area is 63.0 Å². The van der Waals surface area contributed by atoms with Crippen LogP contribution >= 0.6 is 0 Å². The van der Waals surface area contributed by atoms with Gasteiger partial charge < -0.3 is 5.73 Å². The molecule has 0 radical (unpaired) electrons. The van der Waals surface area contributed by atoms with Crippen LogP contribution in [0.3, 0.4) is 0 Å². The molecule has 0 aromatic heterocycles. The van der Waals surface area contributed by atoms with Crippen LogP contribution in [0.5, 0.6) is 0 Å². The van der Waals surface area contributed by atoms with E-state index >= 15 is 0 Å². The molecule has 0 aromatic carbocycles. The van der Waals surface area contributed by atoms with Crippen LogP contribution in [-0.2, 0) is 0 Å². The summed E-state index contributed by atoms with van der Waals surface area (Å²) >= 11 is 0. The first-order valence-electron chi connectivity index (χ1n) is 4.25. The van der Waals surface area contributed by atoms with E-state index in [1.54, 1.807) is 0 Å². The predicted molar refractivity (Wildman–Crippen MR) is 42.6 cm³/mol. The summed E-state index contributed by atoms with van der Waals surface area (Å²) in [4.78, 5) is 0. The highest BCUT2D eigenvalue weighted by Crippen LogP contribution is 2.81. The number of hydrogen-bond acceptors (Lipinski definition) is 1. The Morgan fingerprint density at radius 1 is 1.50 bits per heavy atom. The summed E-state index contributed by atoms with van der Waals surface area (Å²) in [6, 6.07) is 0.432. The molecule has 0 saturated heterocycles. The van der Waals surface area contributed by atoms with E-state index in [0.717, 1.165) is 5.92 Å². The van der Waals surface area contributed by atoms with Crippen molar-refractivity contribution in [1.29, 1.82) is 0 Å². The summed E-state index contributed by atoms with van der Waals surface area (Å²) in [6.07, 6.45) is 2.82. The number of rotatable bonds is 1. The molecule has 2 rings (SSSR count). The molecular weight excluding hydrogens is 122 g/mol. The minimum Gasteiger partial charge on any atom is -0.328 e. The van der Waals surface area contributed by atoms with Crippen molar-refractivity contribution in [2.75, 3.05) is 0 Å². The molecule has 2 aliphatic rings. The van der Waals surface area contributed by atoms with E-state index < -0.39 is 0 Å².